The average Bonchev–Trinajstić information content (AvgIpc) is 3.15. The number of hydrogen-bond acceptors (Lipinski definition) is 7. The monoisotopic (exact) mass is 468 g/mol. The molecular weight excluding hydrogens is 432 g/mol. The maximum Gasteiger partial charge on any atom is 0.408 e. The summed E-state index contributed by atoms with van der Waals surface area (Å²) in [6.07, 6.45) is 6.92. The van der Waals surface area contributed by atoms with Gasteiger partial charge in [-0.1, -0.05) is 18.2 Å². The number of carbonyl (C=O) groups excluding carboxylic acids is 1. The summed E-state index contributed by atoms with van der Waals surface area (Å²) in [5, 5.41) is 3.08. The smallest absolute Gasteiger partial charge is 0.408 e. The fourth-order valence-electron chi connectivity index (χ4n) is 4.73. The van der Waals surface area contributed by atoms with E-state index in [-0.39, 0.29) is 12.2 Å². The summed E-state index contributed by atoms with van der Waals surface area (Å²) in [6.45, 7) is 8.41. The van der Waals surface area contributed by atoms with Crippen molar-refractivity contribution < 1.29 is 19.0 Å². The van der Waals surface area contributed by atoms with Gasteiger partial charge in [-0.3, -0.25) is 0 Å². The Kier molecular flexibility index (Phi) is 8.00. The van der Waals surface area contributed by atoms with Crippen molar-refractivity contribution in [2.75, 3.05) is 40.0 Å². The number of nitrogens with zero attached hydrogens (tertiary/aromatic N) is 3. The van der Waals surface area contributed by atoms with Gasteiger partial charge in [0.05, 0.1) is 30.2 Å². The highest BCUT2D eigenvalue weighted by atomic mass is 16.6. The van der Waals surface area contributed by atoms with Gasteiger partial charge >= 0.3 is 6.09 Å². The van der Waals surface area contributed by atoms with E-state index in [9.17, 15) is 4.79 Å². The first-order valence-corrected chi connectivity index (χ1v) is 12.2. The normalized spacial score (nSPS) is 22.1. The molecule has 0 spiro atoms. The van der Waals surface area contributed by atoms with Gasteiger partial charge in [0.2, 0.25) is 5.88 Å². The highest BCUT2D eigenvalue weighted by molar-refractivity contribution is 5.69. The molecule has 3 aliphatic heterocycles. The molecule has 0 radical (unpaired) electrons. The second-order valence-electron chi connectivity index (χ2n) is 9.68. The van der Waals surface area contributed by atoms with Crippen molar-refractivity contribution in [1.29, 1.82) is 0 Å². The molecule has 3 aliphatic rings. The topological polar surface area (TPSA) is 85.8 Å². The third-order valence-corrected chi connectivity index (χ3v) is 6.81. The largest absolute Gasteiger partial charge is 0.476 e. The number of methoxy groups -OCH3 is 1. The first-order chi connectivity index (χ1) is 16.4. The molecule has 1 amide bonds. The van der Waals surface area contributed by atoms with Gasteiger partial charge in [-0.05, 0) is 63.7 Å². The van der Waals surface area contributed by atoms with Crippen LogP contribution < -0.4 is 10.1 Å². The Morgan fingerprint density at radius 2 is 1.91 bits per heavy atom. The lowest BCUT2D eigenvalue weighted by Gasteiger charge is -2.31. The molecule has 1 aromatic carbocycles. The third kappa shape index (κ3) is 6.24. The number of ether oxygens (including phenoxy) is 3. The van der Waals surface area contributed by atoms with Crippen LogP contribution in [0.2, 0.25) is 0 Å². The predicted molar refractivity (Wildman–Crippen MR) is 130 cm³/mol. The number of alkyl carbamates (subject to hydrolysis) is 1. The van der Waals surface area contributed by atoms with Gasteiger partial charge < -0.3 is 24.4 Å². The van der Waals surface area contributed by atoms with Gasteiger partial charge in [0.1, 0.15) is 6.10 Å². The van der Waals surface area contributed by atoms with Crippen LogP contribution in [0.15, 0.2) is 36.7 Å². The van der Waals surface area contributed by atoms with Crippen LogP contribution in [0.5, 0.6) is 5.88 Å². The van der Waals surface area contributed by atoms with Crippen LogP contribution in [-0.2, 0) is 15.0 Å². The summed E-state index contributed by atoms with van der Waals surface area (Å²) < 4.78 is 16.5. The van der Waals surface area contributed by atoms with E-state index in [4.69, 9.17) is 14.2 Å². The van der Waals surface area contributed by atoms with E-state index < -0.39 is 5.54 Å². The van der Waals surface area contributed by atoms with Gasteiger partial charge in [-0.25, -0.2) is 14.8 Å². The zero-order valence-corrected chi connectivity index (χ0v) is 20.5. The van der Waals surface area contributed by atoms with Crippen LogP contribution in [0.3, 0.4) is 0 Å². The van der Waals surface area contributed by atoms with Crippen molar-refractivity contribution in [3.63, 3.8) is 0 Å². The Balaban J connectivity index is 1.37. The number of nitrogens with one attached hydrogen (secondary N) is 1. The van der Waals surface area contributed by atoms with Gasteiger partial charge in [0.25, 0.3) is 0 Å². The number of benzene rings is 1. The molecule has 4 heterocycles. The van der Waals surface area contributed by atoms with Crippen LogP contribution >= 0.6 is 0 Å². The van der Waals surface area contributed by atoms with Crippen LogP contribution in [0, 0.1) is 5.92 Å². The molecule has 5 rings (SSSR count). The lowest BCUT2D eigenvalue weighted by atomic mass is 9.92. The third-order valence-electron chi connectivity index (χ3n) is 6.81. The fraction of sp³-hybridized carbons (Fsp3) is 0.577. The molecule has 3 saturated heterocycles. The molecule has 1 unspecified atom stereocenters. The SMILES string of the molecule is COCCCOc1cnc(-c2cccc(C(C)(C)NC(=O)OC3CCN4CCC3CC4)c2)cn1. The molecular formula is C26H36N4O4. The first-order valence-electron chi connectivity index (χ1n) is 12.2. The van der Waals surface area contributed by atoms with Crippen molar-refractivity contribution >= 4 is 6.09 Å². The molecule has 2 aromatic rings. The van der Waals surface area contributed by atoms with Crippen LogP contribution in [-0.4, -0.2) is 67.0 Å². The second kappa shape index (κ2) is 11.1. The van der Waals surface area contributed by atoms with E-state index in [2.05, 4.69) is 20.2 Å². The minimum Gasteiger partial charge on any atom is -0.476 e. The zero-order valence-electron chi connectivity index (χ0n) is 20.5. The highest BCUT2D eigenvalue weighted by Crippen LogP contribution is 2.30. The molecule has 0 aliphatic carbocycles. The van der Waals surface area contributed by atoms with Crippen molar-refractivity contribution in [3.05, 3.63) is 42.2 Å². The maximum atomic E-state index is 12.8. The van der Waals surface area contributed by atoms with Gasteiger partial charge in [0, 0.05) is 32.2 Å². The molecule has 1 atom stereocenters. The number of aromatic nitrogens is 2. The summed E-state index contributed by atoms with van der Waals surface area (Å²) in [4.78, 5) is 24.2. The number of amides is 1. The number of rotatable bonds is 9. The van der Waals surface area contributed by atoms with Gasteiger partial charge in [-0.15, -0.1) is 0 Å². The lowest BCUT2D eigenvalue weighted by molar-refractivity contribution is 0.0514. The number of fused-ring (bicyclic) bond motifs is 4. The minimum absolute atomic E-state index is 0.000130. The number of piperidine rings is 1. The van der Waals surface area contributed by atoms with Crippen molar-refractivity contribution in [2.45, 2.75) is 51.2 Å². The lowest BCUT2D eigenvalue weighted by Crippen LogP contribution is -2.43. The molecule has 8 nitrogen and oxygen atoms in total. The molecule has 8 heteroatoms. The highest BCUT2D eigenvalue weighted by Gasteiger charge is 2.34. The van der Waals surface area contributed by atoms with Crippen LogP contribution in [0.25, 0.3) is 11.3 Å². The van der Waals surface area contributed by atoms with E-state index in [1.54, 1.807) is 19.5 Å². The summed E-state index contributed by atoms with van der Waals surface area (Å²) in [7, 11) is 1.67. The van der Waals surface area contributed by atoms with Crippen molar-refractivity contribution in [3.8, 4) is 17.1 Å². The molecule has 0 saturated carbocycles. The summed E-state index contributed by atoms with van der Waals surface area (Å²) >= 11 is 0. The summed E-state index contributed by atoms with van der Waals surface area (Å²) in [5.41, 5.74) is 2.04. The van der Waals surface area contributed by atoms with Gasteiger partial charge in [0.15, 0.2) is 0 Å². The second-order valence-corrected chi connectivity index (χ2v) is 9.68. The van der Waals surface area contributed by atoms with E-state index in [1.807, 2.05) is 38.1 Å². The Bertz CT molecular complexity index is 942. The molecule has 3 fully saturated rings. The molecule has 1 aromatic heterocycles. The van der Waals surface area contributed by atoms with E-state index in [1.165, 1.54) is 0 Å². The standard InChI is InChI=1S/C26H36N4O4/c1-26(2,29-25(31)34-23-10-13-30-11-8-19(23)9-12-30)21-7-4-6-20(16-21)22-17-28-24(18-27-22)33-15-5-14-32-3/h4,6-7,16-19,23H,5,8-15H2,1-3H3,(H,29,31). The van der Waals surface area contributed by atoms with Crippen LogP contribution in [0.1, 0.15) is 45.1 Å². The van der Waals surface area contributed by atoms with E-state index >= 15 is 0 Å². The Morgan fingerprint density at radius 3 is 2.65 bits per heavy atom. The molecule has 34 heavy (non-hydrogen) atoms. The quantitative estimate of drug-likeness (QED) is 0.557. The number of carbonyl (C=O) groups is 1. The predicted octanol–water partition coefficient (Wildman–Crippen LogP) is 4.00. The van der Waals surface area contributed by atoms with Crippen LogP contribution in [0.4, 0.5) is 4.79 Å². The number of hydrogen-bond donors (Lipinski definition) is 1. The average molecular weight is 469 g/mol. The molecule has 184 valence electrons. The van der Waals surface area contributed by atoms with Crippen molar-refractivity contribution in [2.24, 2.45) is 5.92 Å². The Labute approximate surface area is 202 Å². The maximum absolute atomic E-state index is 12.8. The molecule has 1 N–H and O–H groups in total. The Hall–Kier alpha value is -2.71. The summed E-state index contributed by atoms with van der Waals surface area (Å²) in [5.74, 6) is 0.964. The minimum atomic E-state index is -0.600. The van der Waals surface area contributed by atoms with Gasteiger partial charge in [-0.2, -0.15) is 0 Å². The first kappa shape index (κ1) is 24.4. The molecule has 2 bridgehead atoms. The fourth-order valence-corrected chi connectivity index (χ4v) is 4.73. The summed E-state index contributed by atoms with van der Waals surface area (Å²) in [6, 6.07) is 7.99. The van der Waals surface area contributed by atoms with Crippen molar-refractivity contribution in [1.82, 2.24) is 20.2 Å². The Morgan fingerprint density at radius 1 is 1.12 bits per heavy atom. The van der Waals surface area contributed by atoms with E-state index in [0.717, 1.165) is 62.1 Å². The van der Waals surface area contributed by atoms with E-state index in [0.29, 0.717) is 25.0 Å². The zero-order chi connectivity index (χ0) is 24.0.